The van der Waals surface area contributed by atoms with Crippen LogP contribution in [-0.2, 0) is 0 Å². The predicted octanol–water partition coefficient (Wildman–Crippen LogP) is 3.22. The second-order valence-electron chi connectivity index (χ2n) is 4.16. The van der Waals surface area contributed by atoms with Gasteiger partial charge in [0.2, 0.25) is 0 Å². The average Bonchev–Trinajstić information content (AvgIpc) is 2.15. The van der Waals surface area contributed by atoms with Gasteiger partial charge in [-0.3, -0.25) is 0 Å². The molecular formula is C13H14O2. The Hall–Kier alpha value is -1.57. The summed E-state index contributed by atoms with van der Waals surface area (Å²) in [5.41, 5.74) is 2.85. The van der Waals surface area contributed by atoms with E-state index in [4.69, 9.17) is 4.42 Å². The summed E-state index contributed by atoms with van der Waals surface area (Å²) in [5, 5.41) is 0.990. The topological polar surface area (TPSA) is 30.2 Å². The molecule has 0 aliphatic heterocycles. The first-order valence-electron chi connectivity index (χ1n) is 5.12. The molecule has 0 atom stereocenters. The summed E-state index contributed by atoms with van der Waals surface area (Å²) in [6, 6.07) is 7.30. The molecular weight excluding hydrogens is 188 g/mol. The van der Waals surface area contributed by atoms with Crippen molar-refractivity contribution in [2.45, 2.75) is 26.7 Å². The summed E-state index contributed by atoms with van der Waals surface area (Å²) < 4.78 is 5.12. The highest BCUT2D eigenvalue weighted by molar-refractivity contribution is 5.78. The molecule has 2 heteroatoms. The third-order valence-corrected chi connectivity index (χ3v) is 2.63. The maximum Gasteiger partial charge on any atom is 0.336 e. The Balaban J connectivity index is 2.76. The number of hydrogen-bond donors (Lipinski definition) is 0. The minimum Gasteiger partial charge on any atom is -0.423 e. The molecule has 0 aliphatic carbocycles. The van der Waals surface area contributed by atoms with Gasteiger partial charge in [0.15, 0.2) is 0 Å². The van der Waals surface area contributed by atoms with Gasteiger partial charge in [-0.2, -0.15) is 0 Å². The molecule has 0 saturated carbocycles. The number of fused-ring (bicyclic) bond motifs is 1. The van der Waals surface area contributed by atoms with Gasteiger partial charge in [0, 0.05) is 11.5 Å². The largest absolute Gasteiger partial charge is 0.423 e. The summed E-state index contributed by atoms with van der Waals surface area (Å²) in [6.07, 6.45) is 0. The predicted molar refractivity (Wildman–Crippen MR) is 61.3 cm³/mol. The van der Waals surface area contributed by atoms with Crippen molar-refractivity contribution in [1.29, 1.82) is 0 Å². The standard InChI is InChI=1S/C13H14O2/c1-8(2)11-7-10-4-5-13(14)15-12(10)6-9(11)3/h4-8H,1-3H3. The zero-order valence-corrected chi connectivity index (χ0v) is 9.20. The number of aryl methyl sites for hydroxylation is 1. The molecule has 1 aromatic carbocycles. The third kappa shape index (κ3) is 1.80. The second kappa shape index (κ2) is 3.54. The van der Waals surface area contributed by atoms with Crippen molar-refractivity contribution >= 4 is 11.0 Å². The van der Waals surface area contributed by atoms with Gasteiger partial charge in [-0.1, -0.05) is 13.8 Å². The lowest BCUT2D eigenvalue weighted by Gasteiger charge is -2.10. The van der Waals surface area contributed by atoms with E-state index < -0.39 is 0 Å². The molecule has 1 heterocycles. The minimum absolute atomic E-state index is 0.292. The highest BCUT2D eigenvalue weighted by Gasteiger charge is 2.06. The molecule has 0 aliphatic rings. The molecule has 2 nitrogen and oxygen atoms in total. The minimum atomic E-state index is -0.292. The van der Waals surface area contributed by atoms with Crippen molar-refractivity contribution in [2.24, 2.45) is 0 Å². The van der Waals surface area contributed by atoms with E-state index in [0.717, 1.165) is 5.39 Å². The van der Waals surface area contributed by atoms with Gasteiger partial charge in [0.25, 0.3) is 0 Å². The van der Waals surface area contributed by atoms with Crippen LogP contribution in [0.4, 0.5) is 0 Å². The van der Waals surface area contributed by atoms with Gasteiger partial charge >= 0.3 is 5.63 Å². The van der Waals surface area contributed by atoms with E-state index in [9.17, 15) is 4.79 Å². The highest BCUT2D eigenvalue weighted by Crippen LogP contribution is 2.24. The third-order valence-electron chi connectivity index (χ3n) is 2.63. The van der Waals surface area contributed by atoms with Crippen molar-refractivity contribution in [2.75, 3.05) is 0 Å². The molecule has 2 rings (SSSR count). The van der Waals surface area contributed by atoms with Crippen LogP contribution in [0.15, 0.2) is 33.5 Å². The Labute approximate surface area is 88.5 Å². The zero-order chi connectivity index (χ0) is 11.0. The first-order chi connectivity index (χ1) is 7.08. The Morgan fingerprint density at radius 1 is 1.20 bits per heavy atom. The molecule has 0 amide bonds. The van der Waals surface area contributed by atoms with Crippen LogP contribution in [0.5, 0.6) is 0 Å². The first kappa shape index (κ1) is 9.97. The molecule has 1 aromatic heterocycles. The zero-order valence-electron chi connectivity index (χ0n) is 9.20. The maximum atomic E-state index is 11.0. The Morgan fingerprint density at radius 2 is 1.93 bits per heavy atom. The smallest absolute Gasteiger partial charge is 0.336 e. The van der Waals surface area contributed by atoms with Gasteiger partial charge in [-0.25, -0.2) is 4.79 Å². The van der Waals surface area contributed by atoms with Crippen LogP contribution < -0.4 is 5.63 Å². The fourth-order valence-corrected chi connectivity index (χ4v) is 1.86. The van der Waals surface area contributed by atoms with Crippen LogP contribution >= 0.6 is 0 Å². The Kier molecular flexibility index (Phi) is 2.35. The van der Waals surface area contributed by atoms with Crippen LogP contribution in [0.25, 0.3) is 11.0 Å². The van der Waals surface area contributed by atoms with E-state index in [-0.39, 0.29) is 5.63 Å². The molecule has 15 heavy (non-hydrogen) atoms. The molecule has 0 radical (unpaired) electrons. The summed E-state index contributed by atoms with van der Waals surface area (Å²) in [6.45, 7) is 6.36. The lowest BCUT2D eigenvalue weighted by molar-refractivity contribution is 0.560. The Morgan fingerprint density at radius 3 is 2.60 bits per heavy atom. The van der Waals surface area contributed by atoms with Crippen molar-refractivity contribution < 1.29 is 4.42 Å². The number of hydrogen-bond acceptors (Lipinski definition) is 2. The molecule has 0 saturated heterocycles. The average molecular weight is 202 g/mol. The molecule has 0 bridgehead atoms. The quantitative estimate of drug-likeness (QED) is 0.664. The van der Waals surface area contributed by atoms with Crippen molar-refractivity contribution in [3.8, 4) is 0 Å². The van der Waals surface area contributed by atoms with Gasteiger partial charge in [0.05, 0.1) is 0 Å². The summed E-state index contributed by atoms with van der Waals surface area (Å²) in [7, 11) is 0. The summed E-state index contributed by atoms with van der Waals surface area (Å²) in [5.74, 6) is 0.487. The van der Waals surface area contributed by atoms with Gasteiger partial charge < -0.3 is 4.42 Å². The maximum absolute atomic E-state index is 11.0. The highest BCUT2D eigenvalue weighted by atomic mass is 16.4. The fraction of sp³-hybridized carbons (Fsp3) is 0.308. The van der Waals surface area contributed by atoms with E-state index >= 15 is 0 Å². The number of rotatable bonds is 1. The molecule has 0 spiro atoms. The SMILES string of the molecule is Cc1cc2oc(=O)ccc2cc1C(C)C. The van der Waals surface area contributed by atoms with Crippen molar-refractivity contribution in [1.82, 2.24) is 0 Å². The first-order valence-corrected chi connectivity index (χ1v) is 5.12. The lowest BCUT2D eigenvalue weighted by Crippen LogP contribution is -1.97. The molecule has 0 fully saturated rings. The second-order valence-corrected chi connectivity index (χ2v) is 4.16. The van der Waals surface area contributed by atoms with Gasteiger partial charge in [-0.15, -0.1) is 0 Å². The van der Waals surface area contributed by atoms with Gasteiger partial charge in [0.1, 0.15) is 5.58 Å². The van der Waals surface area contributed by atoms with Crippen LogP contribution in [-0.4, -0.2) is 0 Å². The van der Waals surface area contributed by atoms with Crippen LogP contribution in [0.3, 0.4) is 0 Å². The normalized spacial score (nSPS) is 11.2. The van der Waals surface area contributed by atoms with Gasteiger partial charge in [-0.05, 0) is 42.2 Å². The fourth-order valence-electron chi connectivity index (χ4n) is 1.86. The monoisotopic (exact) mass is 202 g/mol. The van der Waals surface area contributed by atoms with E-state index in [1.54, 1.807) is 0 Å². The lowest BCUT2D eigenvalue weighted by atomic mass is 9.96. The van der Waals surface area contributed by atoms with Crippen molar-refractivity contribution in [3.05, 3.63) is 45.8 Å². The summed E-state index contributed by atoms with van der Waals surface area (Å²) in [4.78, 5) is 11.0. The van der Waals surface area contributed by atoms with E-state index in [1.165, 1.54) is 17.2 Å². The number of benzene rings is 1. The van der Waals surface area contributed by atoms with E-state index in [1.807, 2.05) is 19.1 Å². The molecule has 2 aromatic rings. The molecule has 78 valence electrons. The van der Waals surface area contributed by atoms with Crippen molar-refractivity contribution in [3.63, 3.8) is 0 Å². The Bertz CT molecular complexity index is 550. The van der Waals surface area contributed by atoms with Crippen LogP contribution in [0.1, 0.15) is 30.9 Å². The van der Waals surface area contributed by atoms with E-state index in [0.29, 0.717) is 11.5 Å². The van der Waals surface area contributed by atoms with E-state index in [2.05, 4.69) is 19.9 Å². The van der Waals surface area contributed by atoms with Crippen LogP contribution in [0, 0.1) is 6.92 Å². The summed E-state index contributed by atoms with van der Waals surface area (Å²) >= 11 is 0. The molecule has 0 unspecified atom stereocenters. The van der Waals surface area contributed by atoms with Crippen LogP contribution in [0.2, 0.25) is 0 Å². The molecule has 0 N–H and O–H groups in total.